The summed E-state index contributed by atoms with van der Waals surface area (Å²) in [5, 5.41) is 6.25. The van der Waals surface area contributed by atoms with E-state index in [9.17, 15) is 4.79 Å². The van der Waals surface area contributed by atoms with E-state index in [0.29, 0.717) is 25.6 Å². The van der Waals surface area contributed by atoms with Crippen LogP contribution in [0.1, 0.15) is 24.8 Å². The first-order valence-electron chi connectivity index (χ1n) is 6.62. The van der Waals surface area contributed by atoms with Gasteiger partial charge in [0.2, 0.25) is 5.91 Å². The Balaban J connectivity index is 1.79. The van der Waals surface area contributed by atoms with Crippen molar-refractivity contribution in [2.75, 3.05) is 13.7 Å². The van der Waals surface area contributed by atoms with Crippen LogP contribution in [0, 0.1) is 0 Å². The van der Waals surface area contributed by atoms with Crippen LogP contribution in [0.3, 0.4) is 0 Å². The van der Waals surface area contributed by atoms with Gasteiger partial charge >= 0.3 is 0 Å². The molecule has 1 saturated carbocycles. The Kier molecular flexibility index (Phi) is 5.86. The number of amides is 1. The van der Waals surface area contributed by atoms with Crippen molar-refractivity contribution in [3.05, 3.63) is 26.6 Å². The summed E-state index contributed by atoms with van der Waals surface area (Å²) in [6, 6.07) is 4.40. The lowest BCUT2D eigenvalue weighted by Gasteiger charge is -2.12. The molecule has 0 atom stereocenters. The van der Waals surface area contributed by atoms with Gasteiger partial charge in [0, 0.05) is 35.6 Å². The van der Waals surface area contributed by atoms with Crippen LogP contribution in [0.4, 0.5) is 0 Å². The molecular weight excluding hydrogens is 388 g/mol. The highest BCUT2D eigenvalue weighted by Crippen LogP contribution is 2.32. The number of ether oxygens (including phenoxy) is 1. The zero-order valence-corrected chi connectivity index (χ0v) is 14.5. The molecule has 0 aliphatic heterocycles. The zero-order chi connectivity index (χ0) is 14.5. The molecule has 0 saturated heterocycles. The molecule has 0 spiro atoms. The molecule has 4 nitrogen and oxygen atoms in total. The predicted molar refractivity (Wildman–Crippen MR) is 85.9 cm³/mol. The summed E-state index contributed by atoms with van der Waals surface area (Å²) < 4.78 is 7.29. The monoisotopic (exact) mass is 404 g/mol. The second-order valence-electron chi connectivity index (χ2n) is 4.85. The van der Waals surface area contributed by atoms with E-state index in [0.717, 1.165) is 33.1 Å². The Morgan fingerprint density at radius 1 is 1.40 bits per heavy atom. The van der Waals surface area contributed by atoms with Crippen LogP contribution in [-0.2, 0) is 11.3 Å². The maximum absolute atomic E-state index is 11.5. The van der Waals surface area contributed by atoms with Crippen LogP contribution in [0.25, 0.3) is 0 Å². The zero-order valence-electron chi connectivity index (χ0n) is 11.3. The molecule has 1 fully saturated rings. The first-order valence-corrected chi connectivity index (χ1v) is 8.20. The Labute approximate surface area is 135 Å². The van der Waals surface area contributed by atoms with E-state index in [4.69, 9.17) is 4.74 Å². The summed E-state index contributed by atoms with van der Waals surface area (Å²) in [7, 11) is 1.65. The molecule has 0 radical (unpaired) electrons. The number of benzene rings is 1. The predicted octanol–water partition coefficient (Wildman–Crippen LogP) is 2.98. The Morgan fingerprint density at radius 3 is 2.80 bits per heavy atom. The lowest BCUT2D eigenvalue weighted by atomic mass is 10.2. The topological polar surface area (TPSA) is 50.4 Å². The maximum atomic E-state index is 11.5. The van der Waals surface area contributed by atoms with Crippen molar-refractivity contribution in [3.63, 3.8) is 0 Å². The van der Waals surface area contributed by atoms with Gasteiger partial charge in [0.05, 0.1) is 11.6 Å². The van der Waals surface area contributed by atoms with Gasteiger partial charge < -0.3 is 15.4 Å². The smallest absolute Gasteiger partial charge is 0.221 e. The van der Waals surface area contributed by atoms with Crippen molar-refractivity contribution >= 4 is 37.8 Å². The van der Waals surface area contributed by atoms with Crippen LogP contribution < -0.4 is 15.4 Å². The Hall–Kier alpha value is -0.590. The Morgan fingerprint density at radius 2 is 2.15 bits per heavy atom. The number of hydrogen-bond acceptors (Lipinski definition) is 3. The van der Waals surface area contributed by atoms with Crippen molar-refractivity contribution in [2.45, 2.75) is 31.8 Å². The lowest BCUT2D eigenvalue weighted by Crippen LogP contribution is -2.29. The number of halogens is 2. The van der Waals surface area contributed by atoms with E-state index in [2.05, 4.69) is 42.5 Å². The third kappa shape index (κ3) is 4.75. The van der Waals surface area contributed by atoms with Gasteiger partial charge in [-0.3, -0.25) is 4.79 Å². The van der Waals surface area contributed by atoms with Crippen molar-refractivity contribution in [1.29, 1.82) is 0 Å². The van der Waals surface area contributed by atoms with E-state index >= 15 is 0 Å². The molecule has 110 valence electrons. The van der Waals surface area contributed by atoms with Gasteiger partial charge in [0.25, 0.3) is 0 Å². The van der Waals surface area contributed by atoms with E-state index in [1.807, 2.05) is 12.1 Å². The molecule has 2 rings (SSSR count). The molecule has 1 aromatic rings. The molecule has 1 amide bonds. The van der Waals surface area contributed by atoms with Crippen LogP contribution in [0.15, 0.2) is 21.1 Å². The number of carbonyl (C=O) groups excluding carboxylic acids is 1. The molecule has 0 heterocycles. The average Bonchev–Trinajstić information content (AvgIpc) is 3.18. The number of methoxy groups -OCH3 is 1. The second-order valence-corrected chi connectivity index (χ2v) is 6.62. The van der Waals surface area contributed by atoms with Gasteiger partial charge in [-0.1, -0.05) is 15.9 Å². The molecule has 1 aliphatic carbocycles. The number of carbonyl (C=O) groups is 1. The summed E-state index contributed by atoms with van der Waals surface area (Å²) in [5.74, 6) is 0.950. The first-order chi connectivity index (χ1) is 9.60. The van der Waals surface area contributed by atoms with Gasteiger partial charge in [-0.2, -0.15) is 0 Å². The summed E-state index contributed by atoms with van der Waals surface area (Å²) in [4.78, 5) is 11.5. The number of rotatable bonds is 7. The summed E-state index contributed by atoms with van der Waals surface area (Å²) in [5.41, 5.74) is 1.05. The highest BCUT2D eigenvalue weighted by molar-refractivity contribution is 9.11. The largest absolute Gasteiger partial charge is 0.495 e. The fourth-order valence-corrected chi connectivity index (χ4v) is 3.40. The minimum Gasteiger partial charge on any atom is -0.495 e. The van der Waals surface area contributed by atoms with Gasteiger partial charge in [0.15, 0.2) is 0 Å². The molecule has 1 aromatic carbocycles. The molecule has 20 heavy (non-hydrogen) atoms. The van der Waals surface area contributed by atoms with Crippen molar-refractivity contribution in [2.24, 2.45) is 0 Å². The third-order valence-corrected chi connectivity index (χ3v) is 4.12. The highest BCUT2D eigenvalue weighted by atomic mass is 79.9. The summed E-state index contributed by atoms with van der Waals surface area (Å²) in [6.07, 6.45) is 2.76. The number of nitrogens with one attached hydrogen (secondary N) is 2. The third-order valence-electron chi connectivity index (χ3n) is 3.08. The summed E-state index contributed by atoms with van der Waals surface area (Å²) >= 11 is 6.94. The molecule has 0 aromatic heterocycles. The van der Waals surface area contributed by atoms with Crippen molar-refractivity contribution < 1.29 is 9.53 Å². The van der Waals surface area contributed by atoms with E-state index < -0.39 is 0 Å². The molecule has 0 bridgehead atoms. The fourth-order valence-electron chi connectivity index (χ4n) is 1.93. The van der Waals surface area contributed by atoms with Crippen LogP contribution in [0.5, 0.6) is 5.75 Å². The van der Waals surface area contributed by atoms with Crippen molar-refractivity contribution in [3.8, 4) is 5.75 Å². The molecule has 0 unspecified atom stereocenters. The normalized spacial score (nSPS) is 14.2. The van der Waals surface area contributed by atoms with Crippen LogP contribution in [-0.4, -0.2) is 25.6 Å². The fraction of sp³-hybridized carbons (Fsp3) is 0.500. The van der Waals surface area contributed by atoms with Gasteiger partial charge in [0.1, 0.15) is 5.75 Å². The Bertz CT molecular complexity index is 490. The SMILES string of the molecule is COc1c(Br)cc(Br)cc1CNCCC(=O)NC1CC1. The molecule has 6 heteroatoms. The average molecular weight is 406 g/mol. The van der Waals surface area contributed by atoms with Crippen LogP contribution >= 0.6 is 31.9 Å². The molecule has 2 N–H and O–H groups in total. The maximum Gasteiger partial charge on any atom is 0.221 e. The molecular formula is C14H18Br2N2O2. The van der Waals surface area contributed by atoms with E-state index in [-0.39, 0.29) is 5.91 Å². The van der Waals surface area contributed by atoms with Gasteiger partial charge in [-0.05, 0) is 40.9 Å². The molecule has 1 aliphatic rings. The lowest BCUT2D eigenvalue weighted by molar-refractivity contribution is -0.121. The quantitative estimate of drug-likeness (QED) is 0.685. The minimum absolute atomic E-state index is 0.127. The van der Waals surface area contributed by atoms with Gasteiger partial charge in [-0.15, -0.1) is 0 Å². The first kappa shape index (κ1) is 15.8. The highest BCUT2D eigenvalue weighted by Gasteiger charge is 2.22. The summed E-state index contributed by atoms with van der Waals surface area (Å²) in [6.45, 7) is 1.32. The van der Waals surface area contributed by atoms with E-state index in [1.54, 1.807) is 7.11 Å². The second kappa shape index (κ2) is 7.43. The standard InChI is InChI=1S/C14H18Br2N2O2/c1-20-14-9(6-10(15)7-12(14)16)8-17-5-4-13(19)18-11-2-3-11/h6-7,11,17H,2-5,8H2,1H3,(H,18,19). The van der Waals surface area contributed by atoms with Crippen LogP contribution in [0.2, 0.25) is 0 Å². The minimum atomic E-state index is 0.127. The van der Waals surface area contributed by atoms with Gasteiger partial charge in [-0.25, -0.2) is 0 Å². The number of hydrogen-bond donors (Lipinski definition) is 2. The van der Waals surface area contributed by atoms with E-state index in [1.165, 1.54) is 0 Å². The van der Waals surface area contributed by atoms with Crippen molar-refractivity contribution in [1.82, 2.24) is 10.6 Å².